The highest BCUT2D eigenvalue weighted by Gasteiger charge is 2.26. The van der Waals surface area contributed by atoms with Crippen LogP contribution in [-0.4, -0.2) is 41.1 Å². The highest BCUT2D eigenvalue weighted by atomic mass is 127. The molecule has 0 radical (unpaired) electrons. The van der Waals surface area contributed by atoms with Crippen molar-refractivity contribution >= 4 is 41.3 Å². The first-order valence-electron chi connectivity index (χ1n) is 9.23. The Labute approximate surface area is 182 Å². The van der Waals surface area contributed by atoms with Gasteiger partial charge in [0.15, 0.2) is 5.96 Å². The van der Waals surface area contributed by atoms with Gasteiger partial charge < -0.3 is 19.7 Å². The van der Waals surface area contributed by atoms with E-state index in [1.54, 1.807) is 25.3 Å². The molecule has 3 rings (SSSR count). The first-order chi connectivity index (χ1) is 12.5. The van der Waals surface area contributed by atoms with Gasteiger partial charge in [-0.15, -0.1) is 35.3 Å². The Morgan fingerprint density at radius 3 is 2.89 bits per heavy atom. The van der Waals surface area contributed by atoms with E-state index in [0.29, 0.717) is 12.3 Å². The number of rotatable bonds is 6. The fourth-order valence-electron chi connectivity index (χ4n) is 3.11. The molecule has 8 heteroatoms. The predicted octanol–water partition coefficient (Wildman–Crippen LogP) is 3.54. The van der Waals surface area contributed by atoms with E-state index in [4.69, 9.17) is 9.40 Å². The molecule has 0 spiro atoms. The molecule has 0 aliphatic heterocycles. The van der Waals surface area contributed by atoms with E-state index in [-0.39, 0.29) is 30.5 Å². The molecular weight excluding hydrogens is 475 g/mol. The molecule has 2 aromatic heterocycles. The van der Waals surface area contributed by atoms with Gasteiger partial charge in [0.25, 0.3) is 0 Å². The minimum absolute atomic E-state index is 0. The average Bonchev–Trinajstić information content (AvgIpc) is 3.27. The number of aliphatic hydroxyl groups is 1. The molecule has 1 aliphatic rings. The standard InChI is InChI=1S/C19H28N4O2S.HI/c1-4-20-18(21-13-19(2,24)16-10-7-11-25-16)23(3)12-17-22-14-8-5-6-9-15(14)26-17;/h7,10-11,24H,4-6,8-9,12-13H2,1-3H3,(H,20,21);1H. The molecule has 1 aliphatic carbocycles. The van der Waals surface area contributed by atoms with E-state index in [0.717, 1.165) is 30.4 Å². The van der Waals surface area contributed by atoms with Crippen LogP contribution >= 0.6 is 35.3 Å². The molecule has 1 atom stereocenters. The molecule has 6 nitrogen and oxygen atoms in total. The normalized spacial score (nSPS) is 16.2. The number of halogens is 1. The van der Waals surface area contributed by atoms with Crippen molar-refractivity contribution in [3.63, 3.8) is 0 Å². The number of aromatic nitrogens is 1. The molecule has 27 heavy (non-hydrogen) atoms. The minimum atomic E-state index is -1.13. The second-order valence-electron chi connectivity index (χ2n) is 6.96. The summed E-state index contributed by atoms with van der Waals surface area (Å²) in [6, 6.07) is 3.54. The van der Waals surface area contributed by atoms with Crippen LogP contribution in [0.2, 0.25) is 0 Å². The summed E-state index contributed by atoms with van der Waals surface area (Å²) in [6.07, 6.45) is 6.36. The van der Waals surface area contributed by atoms with Crippen LogP contribution in [0.15, 0.2) is 27.8 Å². The second kappa shape index (κ2) is 9.88. The number of fused-ring (bicyclic) bond motifs is 1. The summed E-state index contributed by atoms with van der Waals surface area (Å²) in [5.41, 5.74) is 0.151. The smallest absolute Gasteiger partial charge is 0.194 e. The van der Waals surface area contributed by atoms with E-state index >= 15 is 0 Å². The molecule has 150 valence electrons. The second-order valence-corrected chi connectivity index (χ2v) is 8.13. The number of furan rings is 1. The summed E-state index contributed by atoms with van der Waals surface area (Å²) in [5, 5.41) is 15.0. The lowest BCUT2D eigenvalue weighted by Crippen LogP contribution is -2.39. The summed E-state index contributed by atoms with van der Waals surface area (Å²) in [7, 11) is 2.00. The van der Waals surface area contributed by atoms with Gasteiger partial charge in [-0.3, -0.25) is 0 Å². The molecule has 2 heterocycles. The van der Waals surface area contributed by atoms with Crippen molar-refractivity contribution in [1.82, 2.24) is 15.2 Å². The van der Waals surface area contributed by atoms with Crippen LogP contribution in [0.4, 0.5) is 0 Å². The number of aryl methyl sites for hydroxylation is 2. The summed E-state index contributed by atoms with van der Waals surface area (Å²) in [5.74, 6) is 1.28. The maximum absolute atomic E-state index is 10.6. The molecule has 0 bridgehead atoms. The molecule has 0 aromatic carbocycles. The van der Waals surface area contributed by atoms with Gasteiger partial charge in [0.05, 0.1) is 25.0 Å². The van der Waals surface area contributed by atoms with Gasteiger partial charge in [-0.05, 0) is 51.7 Å². The summed E-state index contributed by atoms with van der Waals surface area (Å²) >= 11 is 1.82. The van der Waals surface area contributed by atoms with E-state index < -0.39 is 5.60 Å². The Bertz CT molecular complexity index is 719. The highest BCUT2D eigenvalue weighted by Crippen LogP contribution is 2.27. The third-order valence-electron chi connectivity index (χ3n) is 4.55. The number of hydrogen-bond donors (Lipinski definition) is 2. The van der Waals surface area contributed by atoms with Crippen molar-refractivity contribution in [1.29, 1.82) is 0 Å². The number of thiazole rings is 1. The number of hydrogen-bond acceptors (Lipinski definition) is 5. The van der Waals surface area contributed by atoms with Crippen molar-refractivity contribution in [2.24, 2.45) is 4.99 Å². The van der Waals surface area contributed by atoms with Crippen LogP contribution in [0.1, 0.15) is 48.0 Å². The highest BCUT2D eigenvalue weighted by molar-refractivity contribution is 14.0. The largest absolute Gasteiger partial charge is 0.466 e. The fourth-order valence-corrected chi connectivity index (χ4v) is 4.32. The monoisotopic (exact) mass is 504 g/mol. The van der Waals surface area contributed by atoms with E-state index in [1.807, 2.05) is 25.3 Å². The SMILES string of the molecule is CCNC(=NCC(C)(O)c1ccco1)N(C)Cc1nc2c(s1)CCCC2.I. The van der Waals surface area contributed by atoms with Crippen LogP contribution in [0.3, 0.4) is 0 Å². The number of nitrogens with zero attached hydrogens (tertiary/aromatic N) is 3. The summed E-state index contributed by atoms with van der Waals surface area (Å²) < 4.78 is 5.33. The molecule has 1 unspecified atom stereocenters. The Morgan fingerprint density at radius 1 is 1.44 bits per heavy atom. The van der Waals surface area contributed by atoms with Crippen LogP contribution in [-0.2, 0) is 25.0 Å². The minimum Gasteiger partial charge on any atom is -0.466 e. The zero-order valence-corrected chi connectivity index (χ0v) is 19.3. The number of aliphatic imine (C=N–C) groups is 1. The van der Waals surface area contributed by atoms with E-state index in [1.165, 1.54) is 23.4 Å². The maximum atomic E-state index is 10.6. The van der Waals surface area contributed by atoms with Crippen LogP contribution in [0, 0.1) is 0 Å². The van der Waals surface area contributed by atoms with Crippen molar-refractivity contribution in [3.8, 4) is 0 Å². The van der Waals surface area contributed by atoms with Crippen molar-refractivity contribution in [3.05, 3.63) is 39.7 Å². The Morgan fingerprint density at radius 2 is 2.22 bits per heavy atom. The third kappa shape index (κ3) is 5.68. The molecule has 0 saturated carbocycles. The molecule has 2 N–H and O–H groups in total. The molecular formula is C19H29IN4O2S. The lowest BCUT2D eigenvalue weighted by atomic mass is 10.0. The Kier molecular flexibility index (Phi) is 8.11. The lowest BCUT2D eigenvalue weighted by molar-refractivity contribution is 0.0435. The Hall–Kier alpha value is -1.13. The lowest BCUT2D eigenvalue weighted by Gasteiger charge is -2.23. The van der Waals surface area contributed by atoms with Gasteiger partial charge in [-0.2, -0.15) is 0 Å². The number of guanidine groups is 1. The van der Waals surface area contributed by atoms with Gasteiger partial charge in [0.1, 0.15) is 16.4 Å². The van der Waals surface area contributed by atoms with Crippen molar-refractivity contribution in [2.75, 3.05) is 20.1 Å². The number of nitrogens with one attached hydrogen (secondary N) is 1. The van der Waals surface area contributed by atoms with Crippen molar-refractivity contribution in [2.45, 2.75) is 51.7 Å². The van der Waals surface area contributed by atoms with Crippen molar-refractivity contribution < 1.29 is 9.52 Å². The first-order valence-corrected chi connectivity index (χ1v) is 10.0. The van der Waals surface area contributed by atoms with Gasteiger partial charge >= 0.3 is 0 Å². The quantitative estimate of drug-likeness (QED) is 0.358. The van der Waals surface area contributed by atoms with Crippen LogP contribution in [0.25, 0.3) is 0 Å². The average molecular weight is 504 g/mol. The zero-order chi connectivity index (χ0) is 18.6. The summed E-state index contributed by atoms with van der Waals surface area (Å²) in [4.78, 5) is 12.9. The van der Waals surface area contributed by atoms with Gasteiger partial charge in [0.2, 0.25) is 0 Å². The van der Waals surface area contributed by atoms with Crippen LogP contribution < -0.4 is 5.32 Å². The third-order valence-corrected chi connectivity index (χ3v) is 5.69. The van der Waals surface area contributed by atoms with E-state index in [2.05, 4.69) is 15.2 Å². The summed E-state index contributed by atoms with van der Waals surface area (Å²) in [6.45, 7) is 5.46. The fraction of sp³-hybridized carbons (Fsp3) is 0.579. The maximum Gasteiger partial charge on any atom is 0.194 e. The topological polar surface area (TPSA) is 73.9 Å². The Balaban J connectivity index is 0.00000261. The molecule has 0 amide bonds. The predicted molar refractivity (Wildman–Crippen MR) is 120 cm³/mol. The molecule has 0 saturated heterocycles. The zero-order valence-electron chi connectivity index (χ0n) is 16.2. The van der Waals surface area contributed by atoms with Gasteiger partial charge in [-0.25, -0.2) is 9.98 Å². The van der Waals surface area contributed by atoms with Gasteiger partial charge in [0, 0.05) is 18.5 Å². The van der Waals surface area contributed by atoms with Crippen LogP contribution in [0.5, 0.6) is 0 Å². The first kappa shape index (κ1) is 22.2. The van der Waals surface area contributed by atoms with Gasteiger partial charge in [-0.1, -0.05) is 0 Å². The van der Waals surface area contributed by atoms with E-state index in [9.17, 15) is 5.11 Å². The molecule has 0 fully saturated rings. The molecule has 2 aromatic rings.